The SMILES string of the molecule is Cc1cnc(N2CCCS2)cc1C(=O)Nc1cc(Cl)cc(C2CCOCC2)c1. The minimum atomic E-state index is -0.134. The number of nitrogens with one attached hydrogen (secondary N) is 1. The van der Waals surface area contributed by atoms with Crippen LogP contribution >= 0.6 is 23.5 Å². The van der Waals surface area contributed by atoms with Gasteiger partial charge in [0, 0.05) is 48.0 Å². The number of hydrogen-bond acceptors (Lipinski definition) is 5. The van der Waals surface area contributed by atoms with Gasteiger partial charge in [0.25, 0.3) is 5.91 Å². The van der Waals surface area contributed by atoms with E-state index < -0.39 is 0 Å². The van der Waals surface area contributed by atoms with E-state index in [9.17, 15) is 4.79 Å². The molecule has 5 nitrogen and oxygen atoms in total. The van der Waals surface area contributed by atoms with Crippen molar-refractivity contribution in [3.63, 3.8) is 0 Å². The van der Waals surface area contributed by atoms with Gasteiger partial charge in [-0.25, -0.2) is 4.98 Å². The van der Waals surface area contributed by atoms with Gasteiger partial charge < -0.3 is 14.4 Å². The van der Waals surface area contributed by atoms with Crippen molar-refractivity contribution in [2.75, 3.05) is 35.1 Å². The number of ether oxygens (including phenoxy) is 1. The van der Waals surface area contributed by atoms with Gasteiger partial charge in [-0.3, -0.25) is 4.79 Å². The average Bonchev–Trinajstić information content (AvgIpc) is 3.23. The van der Waals surface area contributed by atoms with Gasteiger partial charge in [-0.1, -0.05) is 11.6 Å². The summed E-state index contributed by atoms with van der Waals surface area (Å²) in [6.07, 6.45) is 4.87. The lowest BCUT2D eigenvalue weighted by molar-refractivity contribution is 0.0853. The second-order valence-corrected chi connectivity index (χ2v) is 8.80. The van der Waals surface area contributed by atoms with E-state index in [1.54, 1.807) is 24.2 Å². The smallest absolute Gasteiger partial charge is 0.256 e. The fourth-order valence-corrected chi connectivity index (χ4v) is 4.88. The molecule has 0 radical (unpaired) electrons. The van der Waals surface area contributed by atoms with Crippen LogP contribution in [0.2, 0.25) is 5.02 Å². The summed E-state index contributed by atoms with van der Waals surface area (Å²) < 4.78 is 7.61. The van der Waals surface area contributed by atoms with Crippen molar-refractivity contribution in [3.05, 3.63) is 52.2 Å². The van der Waals surface area contributed by atoms with Gasteiger partial charge in [-0.05, 0) is 79.4 Å². The van der Waals surface area contributed by atoms with Crippen LogP contribution in [0.4, 0.5) is 11.5 Å². The predicted molar refractivity (Wildman–Crippen MR) is 116 cm³/mol. The molecular weight excluding hydrogens is 394 g/mol. The molecule has 1 aromatic heterocycles. The van der Waals surface area contributed by atoms with E-state index in [4.69, 9.17) is 16.3 Å². The van der Waals surface area contributed by atoms with Crippen LogP contribution in [-0.2, 0) is 4.74 Å². The van der Waals surface area contributed by atoms with Crippen molar-refractivity contribution in [2.45, 2.75) is 32.1 Å². The number of carbonyl (C=O) groups is 1. The lowest BCUT2D eigenvalue weighted by Crippen LogP contribution is -2.17. The summed E-state index contributed by atoms with van der Waals surface area (Å²) in [7, 11) is 0. The highest BCUT2D eigenvalue weighted by atomic mass is 35.5. The molecule has 0 atom stereocenters. The normalized spacial score (nSPS) is 17.7. The molecule has 2 aromatic rings. The number of halogens is 1. The Hall–Kier alpha value is -1.76. The molecule has 0 saturated carbocycles. The highest BCUT2D eigenvalue weighted by Crippen LogP contribution is 2.32. The molecule has 2 aliphatic rings. The number of anilines is 2. The first-order valence-electron chi connectivity index (χ1n) is 9.67. The second kappa shape index (κ2) is 8.72. The zero-order chi connectivity index (χ0) is 19.5. The molecule has 1 N–H and O–H groups in total. The van der Waals surface area contributed by atoms with Gasteiger partial charge >= 0.3 is 0 Å². The standard InChI is InChI=1S/C21H24ClN3O2S/c1-14-13-23-20(25-5-2-8-28-25)12-19(14)21(26)24-18-10-16(9-17(22)11-18)15-3-6-27-7-4-15/h9-13,15H,2-8H2,1H3,(H,24,26). The third-order valence-corrected chi connectivity index (χ3v) is 6.58. The molecule has 0 spiro atoms. The van der Waals surface area contributed by atoms with Crippen LogP contribution in [0.3, 0.4) is 0 Å². The summed E-state index contributed by atoms with van der Waals surface area (Å²) >= 11 is 8.10. The van der Waals surface area contributed by atoms with E-state index in [-0.39, 0.29) is 5.91 Å². The van der Waals surface area contributed by atoms with Crippen LogP contribution in [0.5, 0.6) is 0 Å². The summed E-state index contributed by atoms with van der Waals surface area (Å²) in [5.74, 6) is 2.22. The van der Waals surface area contributed by atoms with E-state index in [1.807, 2.05) is 25.1 Å². The number of hydrogen-bond donors (Lipinski definition) is 1. The van der Waals surface area contributed by atoms with Crippen molar-refractivity contribution >= 4 is 41.0 Å². The molecule has 148 valence electrons. The van der Waals surface area contributed by atoms with Crippen molar-refractivity contribution in [2.24, 2.45) is 0 Å². The maximum absolute atomic E-state index is 13.0. The van der Waals surface area contributed by atoms with Crippen LogP contribution in [0.1, 0.15) is 46.7 Å². The number of pyridine rings is 1. The third kappa shape index (κ3) is 4.45. The van der Waals surface area contributed by atoms with Gasteiger partial charge in [0.05, 0.1) is 0 Å². The van der Waals surface area contributed by atoms with Crippen molar-refractivity contribution in [3.8, 4) is 0 Å². The number of nitrogens with zero attached hydrogens (tertiary/aromatic N) is 2. The Kier molecular flexibility index (Phi) is 6.09. The highest BCUT2D eigenvalue weighted by molar-refractivity contribution is 8.00. The van der Waals surface area contributed by atoms with E-state index in [0.717, 1.165) is 67.4 Å². The fourth-order valence-electron chi connectivity index (χ4n) is 3.67. The van der Waals surface area contributed by atoms with Crippen LogP contribution < -0.4 is 9.62 Å². The maximum atomic E-state index is 13.0. The zero-order valence-corrected chi connectivity index (χ0v) is 17.5. The first-order valence-corrected chi connectivity index (χ1v) is 11.0. The molecule has 2 aliphatic heterocycles. The Morgan fingerprint density at radius 3 is 2.86 bits per heavy atom. The summed E-state index contributed by atoms with van der Waals surface area (Å²) in [4.78, 5) is 17.5. The first-order chi connectivity index (χ1) is 13.6. The maximum Gasteiger partial charge on any atom is 0.256 e. The Morgan fingerprint density at radius 1 is 1.29 bits per heavy atom. The van der Waals surface area contributed by atoms with Gasteiger partial charge in [0.15, 0.2) is 0 Å². The minimum Gasteiger partial charge on any atom is -0.381 e. The van der Waals surface area contributed by atoms with Gasteiger partial charge in [0.1, 0.15) is 5.82 Å². The number of benzene rings is 1. The number of aromatic nitrogens is 1. The van der Waals surface area contributed by atoms with Crippen molar-refractivity contribution in [1.29, 1.82) is 0 Å². The number of carbonyl (C=O) groups excluding carboxylic acids is 1. The number of rotatable bonds is 4. The average molecular weight is 418 g/mol. The summed E-state index contributed by atoms with van der Waals surface area (Å²) in [6.45, 7) is 4.41. The van der Waals surface area contributed by atoms with Gasteiger partial charge in [-0.2, -0.15) is 0 Å². The Labute approximate surface area is 174 Å². The second-order valence-electron chi connectivity index (χ2n) is 7.26. The Balaban J connectivity index is 1.55. The van der Waals surface area contributed by atoms with E-state index in [0.29, 0.717) is 16.5 Å². The van der Waals surface area contributed by atoms with E-state index in [1.165, 1.54) is 0 Å². The van der Waals surface area contributed by atoms with E-state index >= 15 is 0 Å². The van der Waals surface area contributed by atoms with Crippen LogP contribution in [0.25, 0.3) is 0 Å². The lowest BCUT2D eigenvalue weighted by atomic mass is 9.91. The molecule has 0 aliphatic carbocycles. The molecule has 2 saturated heterocycles. The summed E-state index contributed by atoms with van der Waals surface area (Å²) in [5.41, 5.74) is 3.39. The van der Waals surface area contributed by atoms with Crippen molar-refractivity contribution < 1.29 is 9.53 Å². The summed E-state index contributed by atoms with van der Waals surface area (Å²) in [5, 5.41) is 3.67. The molecule has 28 heavy (non-hydrogen) atoms. The fraction of sp³-hybridized carbons (Fsp3) is 0.429. The first kappa shape index (κ1) is 19.6. The largest absolute Gasteiger partial charge is 0.381 e. The Bertz CT molecular complexity index is 865. The molecule has 0 unspecified atom stereocenters. The van der Waals surface area contributed by atoms with Gasteiger partial charge in [0.2, 0.25) is 0 Å². The number of amides is 1. The molecule has 4 rings (SSSR count). The monoisotopic (exact) mass is 417 g/mol. The van der Waals surface area contributed by atoms with Gasteiger partial charge in [-0.15, -0.1) is 0 Å². The molecule has 1 amide bonds. The van der Waals surface area contributed by atoms with Crippen LogP contribution in [-0.4, -0.2) is 36.4 Å². The molecule has 2 fully saturated rings. The topological polar surface area (TPSA) is 54.5 Å². The molecule has 0 bridgehead atoms. The lowest BCUT2D eigenvalue weighted by Gasteiger charge is -2.23. The molecular formula is C21H24ClN3O2S. The minimum absolute atomic E-state index is 0.134. The molecule has 7 heteroatoms. The third-order valence-electron chi connectivity index (χ3n) is 5.21. The van der Waals surface area contributed by atoms with Crippen molar-refractivity contribution in [1.82, 2.24) is 4.98 Å². The summed E-state index contributed by atoms with van der Waals surface area (Å²) in [6, 6.07) is 7.71. The highest BCUT2D eigenvalue weighted by Gasteiger charge is 2.20. The van der Waals surface area contributed by atoms with Crippen LogP contribution in [0.15, 0.2) is 30.5 Å². The Morgan fingerprint density at radius 2 is 2.11 bits per heavy atom. The van der Waals surface area contributed by atoms with E-state index in [2.05, 4.69) is 14.6 Å². The van der Waals surface area contributed by atoms with Crippen LogP contribution in [0, 0.1) is 6.92 Å². The number of aryl methyl sites for hydroxylation is 1. The molecule has 1 aromatic carbocycles. The zero-order valence-electron chi connectivity index (χ0n) is 15.9. The molecule has 3 heterocycles. The predicted octanol–water partition coefficient (Wildman–Crippen LogP) is 5.05. The quantitative estimate of drug-likeness (QED) is 0.705.